The van der Waals surface area contributed by atoms with Gasteiger partial charge in [0.15, 0.2) is 12.4 Å². The monoisotopic (exact) mass is 395 g/mol. The van der Waals surface area contributed by atoms with Crippen molar-refractivity contribution in [2.24, 2.45) is 0 Å². The Morgan fingerprint density at radius 2 is 1.90 bits per heavy atom. The lowest BCUT2D eigenvalue weighted by Gasteiger charge is -2.07. The third-order valence-corrected chi connectivity index (χ3v) is 4.68. The van der Waals surface area contributed by atoms with Crippen molar-refractivity contribution in [1.82, 2.24) is 0 Å². The maximum absolute atomic E-state index is 12.3. The van der Waals surface area contributed by atoms with Crippen molar-refractivity contribution in [2.45, 2.75) is 12.8 Å². The van der Waals surface area contributed by atoms with Gasteiger partial charge in [-0.25, -0.2) is 4.79 Å². The van der Waals surface area contributed by atoms with E-state index >= 15 is 0 Å². The van der Waals surface area contributed by atoms with E-state index in [0.717, 1.165) is 5.56 Å². The van der Waals surface area contributed by atoms with Gasteiger partial charge in [0.05, 0.1) is 20.1 Å². The quantitative estimate of drug-likeness (QED) is 0.440. The molecule has 29 heavy (non-hydrogen) atoms. The first-order chi connectivity index (χ1) is 13.9. The number of rotatable bonds is 7. The van der Waals surface area contributed by atoms with Gasteiger partial charge in [0.1, 0.15) is 11.5 Å². The molecule has 0 spiro atoms. The highest BCUT2D eigenvalue weighted by atomic mass is 16.5. The van der Waals surface area contributed by atoms with E-state index in [0.29, 0.717) is 28.3 Å². The lowest BCUT2D eigenvalue weighted by molar-refractivity contribution is -0.136. The number of esters is 1. The predicted molar refractivity (Wildman–Crippen MR) is 107 cm³/mol. The van der Waals surface area contributed by atoms with Crippen molar-refractivity contribution in [3.05, 3.63) is 59.2 Å². The van der Waals surface area contributed by atoms with Crippen LogP contribution in [0.2, 0.25) is 0 Å². The van der Waals surface area contributed by atoms with Crippen LogP contribution in [0.15, 0.2) is 42.5 Å². The van der Waals surface area contributed by atoms with Crippen LogP contribution >= 0.6 is 0 Å². The Hall–Kier alpha value is -3.61. The molecular weight excluding hydrogens is 374 g/mol. The Labute approximate surface area is 168 Å². The minimum absolute atomic E-state index is 0.102. The molecule has 0 fully saturated rings. The molecule has 0 saturated heterocycles. The fraction of sp³-hybridized carbons (Fsp3) is 0.227. The summed E-state index contributed by atoms with van der Waals surface area (Å²) in [5.41, 5.74) is 2.52. The Bertz CT molecular complexity index is 995. The van der Waals surface area contributed by atoms with E-state index in [2.05, 4.69) is 5.32 Å². The number of methoxy groups -OCH3 is 2. The molecule has 1 atom stereocenters. The maximum atomic E-state index is 12.3. The lowest BCUT2D eigenvalue weighted by atomic mass is 9.99. The Morgan fingerprint density at radius 3 is 2.62 bits per heavy atom. The lowest BCUT2D eigenvalue weighted by Crippen LogP contribution is -2.13. The van der Waals surface area contributed by atoms with Crippen molar-refractivity contribution < 1.29 is 28.6 Å². The summed E-state index contributed by atoms with van der Waals surface area (Å²) >= 11 is 0. The third-order valence-electron chi connectivity index (χ3n) is 4.68. The molecule has 3 rings (SSSR count). The molecule has 2 aromatic carbocycles. The average molecular weight is 395 g/mol. The van der Waals surface area contributed by atoms with Gasteiger partial charge >= 0.3 is 5.97 Å². The SMILES string of the molecule is COc1ccc(/C=C/C(=O)OCC(=O)c2ccc3c(c2)[C@@H](C)C(=O)N3)c(OC)c1. The minimum atomic E-state index is -0.650. The molecule has 0 aromatic heterocycles. The molecule has 0 saturated carbocycles. The number of hydrogen-bond acceptors (Lipinski definition) is 6. The number of hydrogen-bond donors (Lipinski definition) is 1. The molecule has 1 aliphatic rings. The van der Waals surface area contributed by atoms with Gasteiger partial charge in [-0.15, -0.1) is 0 Å². The number of Topliss-reactive ketones (excluding diaryl/α,β-unsaturated/α-hetero) is 1. The first-order valence-corrected chi connectivity index (χ1v) is 8.97. The van der Waals surface area contributed by atoms with Crippen molar-refractivity contribution in [3.63, 3.8) is 0 Å². The first kappa shape index (κ1) is 20.1. The molecule has 150 valence electrons. The van der Waals surface area contributed by atoms with Gasteiger partial charge in [-0.2, -0.15) is 0 Å². The van der Waals surface area contributed by atoms with Crippen LogP contribution in [-0.4, -0.2) is 38.5 Å². The van der Waals surface area contributed by atoms with Crippen LogP contribution in [0.1, 0.15) is 34.3 Å². The van der Waals surface area contributed by atoms with E-state index in [9.17, 15) is 14.4 Å². The first-order valence-electron chi connectivity index (χ1n) is 8.97. The normalized spacial score (nSPS) is 15.0. The molecule has 1 aliphatic heterocycles. The molecule has 7 nitrogen and oxygen atoms in total. The average Bonchev–Trinajstić information content (AvgIpc) is 3.03. The number of carbonyl (C=O) groups is 3. The highest BCUT2D eigenvalue weighted by Crippen LogP contribution is 2.32. The molecule has 1 heterocycles. The molecule has 0 bridgehead atoms. The van der Waals surface area contributed by atoms with E-state index in [1.54, 1.807) is 56.5 Å². The van der Waals surface area contributed by atoms with Crippen molar-refractivity contribution in [2.75, 3.05) is 26.1 Å². The van der Waals surface area contributed by atoms with Crippen LogP contribution in [0.4, 0.5) is 5.69 Å². The van der Waals surface area contributed by atoms with Gasteiger partial charge in [-0.1, -0.05) is 0 Å². The predicted octanol–water partition coefficient (Wildman–Crippen LogP) is 3.20. The molecule has 1 N–H and O–H groups in total. The topological polar surface area (TPSA) is 90.9 Å². The molecular formula is C22H21NO6. The maximum Gasteiger partial charge on any atom is 0.331 e. The van der Waals surface area contributed by atoms with Crippen molar-refractivity contribution in [3.8, 4) is 11.5 Å². The van der Waals surface area contributed by atoms with Gasteiger partial charge in [0.2, 0.25) is 5.91 Å². The van der Waals surface area contributed by atoms with E-state index in [4.69, 9.17) is 14.2 Å². The van der Waals surface area contributed by atoms with Gasteiger partial charge in [0, 0.05) is 29.0 Å². The molecule has 7 heteroatoms. The van der Waals surface area contributed by atoms with Gasteiger partial charge in [-0.05, 0) is 48.9 Å². The fourth-order valence-electron chi connectivity index (χ4n) is 2.97. The summed E-state index contributed by atoms with van der Waals surface area (Å²) in [5, 5.41) is 2.75. The summed E-state index contributed by atoms with van der Waals surface area (Å²) in [6.07, 6.45) is 2.77. The van der Waals surface area contributed by atoms with Crippen LogP contribution < -0.4 is 14.8 Å². The van der Waals surface area contributed by atoms with Crippen LogP contribution in [-0.2, 0) is 14.3 Å². The van der Waals surface area contributed by atoms with Crippen LogP contribution in [0, 0.1) is 0 Å². The van der Waals surface area contributed by atoms with Crippen LogP contribution in [0.25, 0.3) is 6.08 Å². The Kier molecular flexibility index (Phi) is 5.97. The van der Waals surface area contributed by atoms with Crippen molar-refractivity contribution in [1.29, 1.82) is 0 Å². The number of ether oxygens (including phenoxy) is 3. The van der Waals surface area contributed by atoms with E-state index in [1.165, 1.54) is 13.2 Å². The summed E-state index contributed by atoms with van der Waals surface area (Å²) in [6, 6.07) is 10.1. The number of amides is 1. The summed E-state index contributed by atoms with van der Waals surface area (Å²) < 4.78 is 15.4. The zero-order valence-corrected chi connectivity index (χ0v) is 16.4. The summed E-state index contributed by atoms with van der Waals surface area (Å²) in [5.74, 6) is -0.240. The van der Waals surface area contributed by atoms with E-state index in [1.807, 2.05) is 0 Å². The van der Waals surface area contributed by atoms with E-state index < -0.39 is 12.6 Å². The Morgan fingerprint density at radius 1 is 1.10 bits per heavy atom. The molecule has 2 aromatic rings. The minimum Gasteiger partial charge on any atom is -0.497 e. The molecule has 1 amide bonds. The number of nitrogens with one attached hydrogen (secondary N) is 1. The number of carbonyl (C=O) groups excluding carboxylic acids is 3. The highest BCUT2D eigenvalue weighted by Gasteiger charge is 2.27. The number of ketones is 1. The van der Waals surface area contributed by atoms with Gasteiger partial charge in [-0.3, -0.25) is 9.59 Å². The largest absolute Gasteiger partial charge is 0.497 e. The summed E-state index contributed by atoms with van der Waals surface area (Å²) in [4.78, 5) is 36.0. The van der Waals surface area contributed by atoms with Crippen LogP contribution in [0.5, 0.6) is 11.5 Å². The second-order valence-corrected chi connectivity index (χ2v) is 6.49. The second kappa shape index (κ2) is 8.60. The molecule has 0 aliphatic carbocycles. The fourth-order valence-corrected chi connectivity index (χ4v) is 2.97. The summed E-state index contributed by atoms with van der Waals surface area (Å²) in [6.45, 7) is 1.38. The Balaban J connectivity index is 1.61. The van der Waals surface area contributed by atoms with Gasteiger partial charge < -0.3 is 19.5 Å². The number of benzene rings is 2. The zero-order valence-electron chi connectivity index (χ0n) is 16.4. The standard InChI is InChI=1S/C22H21NO6/c1-13-17-10-15(5-8-18(17)23-22(13)26)19(24)12-29-21(25)9-6-14-4-7-16(27-2)11-20(14)28-3/h4-11,13H,12H2,1-3H3,(H,23,26)/b9-6+/t13-/m1/s1. The smallest absolute Gasteiger partial charge is 0.331 e. The van der Waals surface area contributed by atoms with Crippen molar-refractivity contribution >= 4 is 29.4 Å². The number of anilines is 1. The second-order valence-electron chi connectivity index (χ2n) is 6.49. The van der Waals surface area contributed by atoms with E-state index in [-0.39, 0.29) is 17.6 Å². The molecule has 0 unspecified atom stereocenters. The highest BCUT2D eigenvalue weighted by molar-refractivity contribution is 6.05. The summed E-state index contributed by atoms with van der Waals surface area (Å²) in [7, 11) is 3.07. The molecule has 0 radical (unpaired) electrons. The zero-order chi connectivity index (χ0) is 21.0. The van der Waals surface area contributed by atoms with Crippen LogP contribution in [0.3, 0.4) is 0 Å². The third kappa shape index (κ3) is 4.45. The number of fused-ring (bicyclic) bond motifs is 1. The van der Waals surface area contributed by atoms with Gasteiger partial charge in [0.25, 0.3) is 0 Å².